The van der Waals surface area contributed by atoms with Crippen LogP contribution in [0.4, 0.5) is 0 Å². The van der Waals surface area contributed by atoms with Crippen molar-refractivity contribution in [3.63, 3.8) is 0 Å². The Kier molecular flexibility index (Phi) is 2.41. The number of nitrogens with zero attached hydrogens (tertiary/aromatic N) is 2. The van der Waals surface area contributed by atoms with Gasteiger partial charge in [0.15, 0.2) is 5.76 Å². The van der Waals surface area contributed by atoms with Crippen molar-refractivity contribution in [2.24, 2.45) is 7.05 Å². The number of aromatic nitrogens is 2. The van der Waals surface area contributed by atoms with Gasteiger partial charge in [-0.1, -0.05) is 17.3 Å². The van der Waals surface area contributed by atoms with E-state index in [1.165, 1.54) is 6.20 Å². The number of benzene rings is 1. The summed E-state index contributed by atoms with van der Waals surface area (Å²) in [4.78, 5) is 11.1. The summed E-state index contributed by atoms with van der Waals surface area (Å²) >= 11 is 0. The third-order valence-corrected chi connectivity index (χ3v) is 3.34. The van der Waals surface area contributed by atoms with E-state index in [0.717, 1.165) is 16.5 Å². The minimum Gasteiger partial charge on any atom is -0.477 e. The van der Waals surface area contributed by atoms with Crippen LogP contribution in [0.1, 0.15) is 15.9 Å². The van der Waals surface area contributed by atoms with Crippen LogP contribution in [0.5, 0.6) is 0 Å². The van der Waals surface area contributed by atoms with E-state index in [1.54, 1.807) is 0 Å². The van der Waals surface area contributed by atoms with Crippen molar-refractivity contribution in [1.29, 1.82) is 0 Å². The Hall–Kier alpha value is -2.56. The van der Waals surface area contributed by atoms with Gasteiger partial charge in [-0.3, -0.25) is 0 Å². The molecule has 0 radical (unpaired) electrons. The lowest BCUT2D eigenvalue weighted by atomic mass is 10.1. The first-order valence-electron chi connectivity index (χ1n) is 5.83. The summed E-state index contributed by atoms with van der Waals surface area (Å²) in [6.45, 7) is 2.02. The van der Waals surface area contributed by atoms with Crippen LogP contribution in [0, 0.1) is 6.92 Å². The molecule has 0 unspecified atom stereocenters. The van der Waals surface area contributed by atoms with Crippen LogP contribution >= 0.6 is 0 Å². The summed E-state index contributed by atoms with van der Waals surface area (Å²) < 4.78 is 7.02. The SMILES string of the molecule is Cc1cccc2c1cc(-c1oncc1C(=O)O)n2C. The van der Waals surface area contributed by atoms with Crippen molar-refractivity contribution in [2.45, 2.75) is 6.92 Å². The number of carboxylic acids is 1. The van der Waals surface area contributed by atoms with E-state index in [2.05, 4.69) is 5.16 Å². The standard InChI is InChI=1S/C14H12N2O3/c1-8-4-3-5-11-9(8)6-12(16(11)2)13-10(14(17)18)7-15-19-13/h3-7H,1-2H3,(H,17,18). The Bertz CT molecular complexity index is 783. The van der Waals surface area contributed by atoms with Gasteiger partial charge in [-0.25, -0.2) is 4.79 Å². The predicted molar refractivity (Wildman–Crippen MR) is 70.1 cm³/mol. The van der Waals surface area contributed by atoms with E-state index in [1.807, 2.05) is 42.8 Å². The highest BCUT2D eigenvalue weighted by atomic mass is 16.5. The van der Waals surface area contributed by atoms with Crippen LogP contribution < -0.4 is 0 Å². The molecule has 0 atom stereocenters. The molecule has 19 heavy (non-hydrogen) atoms. The molecule has 2 aromatic heterocycles. The molecule has 0 bridgehead atoms. The van der Waals surface area contributed by atoms with Crippen LogP contribution in [0.2, 0.25) is 0 Å². The fraction of sp³-hybridized carbons (Fsp3) is 0.143. The second-order valence-electron chi connectivity index (χ2n) is 4.47. The van der Waals surface area contributed by atoms with Crippen molar-refractivity contribution in [2.75, 3.05) is 0 Å². The summed E-state index contributed by atoms with van der Waals surface area (Å²) in [5.41, 5.74) is 2.95. The van der Waals surface area contributed by atoms with E-state index >= 15 is 0 Å². The molecule has 0 spiro atoms. The molecule has 0 aliphatic heterocycles. The van der Waals surface area contributed by atoms with E-state index in [0.29, 0.717) is 5.69 Å². The van der Waals surface area contributed by atoms with Gasteiger partial charge in [0, 0.05) is 18.0 Å². The smallest absolute Gasteiger partial charge is 0.341 e. The largest absolute Gasteiger partial charge is 0.477 e. The maximum absolute atomic E-state index is 11.1. The first-order chi connectivity index (χ1) is 9.09. The molecule has 1 N–H and O–H groups in total. The molecular formula is C14H12N2O3. The van der Waals surface area contributed by atoms with Gasteiger partial charge in [-0.15, -0.1) is 0 Å². The number of hydrogen-bond donors (Lipinski definition) is 1. The van der Waals surface area contributed by atoms with Crippen molar-refractivity contribution >= 4 is 16.9 Å². The fourth-order valence-electron chi connectivity index (χ4n) is 2.30. The first-order valence-corrected chi connectivity index (χ1v) is 5.83. The third-order valence-electron chi connectivity index (χ3n) is 3.34. The van der Waals surface area contributed by atoms with Gasteiger partial charge in [0.05, 0.1) is 11.9 Å². The van der Waals surface area contributed by atoms with Gasteiger partial charge in [0.2, 0.25) is 0 Å². The zero-order valence-electron chi connectivity index (χ0n) is 10.5. The Labute approximate surface area is 109 Å². The maximum atomic E-state index is 11.1. The average molecular weight is 256 g/mol. The van der Waals surface area contributed by atoms with Gasteiger partial charge in [0.25, 0.3) is 0 Å². The Morgan fingerprint density at radius 2 is 2.21 bits per heavy atom. The number of carbonyl (C=O) groups is 1. The minimum absolute atomic E-state index is 0.0727. The summed E-state index contributed by atoms with van der Waals surface area (Å²) in [5, 5.41) is 13.8. The van der Waals surface area contributed by atoms with Crippen molar-refractivity contribution in [1.82, 2.24) is 9.72 Å². The Morgan fingerprint density at radius 3 is 2.89 bits per heavy atom. The van der Waals surface area contributed by atoms with Crippen molar-refractivity contribution in [3.05, 3.63) is 41.6 Å². The van der Waals surface area contributed by atoms with E-state index < -0.39 is 5.97 Å². The number of rotatable bonds is 2. The van der Waals surface area contributed by atoms with Gasteiger partial charge in [-0.2, -0.15) is 0 Å². The van der Waals surface area contributed by atoms with E-state index in [-0.39, 0.29) is 11.3 Å². The normalized spacial score (nSPS) is 11.1. The van der Waals surface area contributed by atoms with Crippen LogP contribution in [0.15, 0.2) is 35.0 Å². The molecule has 0 saturated heterocycles. The monoisotopic (exact) mass is 256 g/mol. The predicted octanol–water partition coefficient (Wildman–Crippen LogP) is 2.84. The van der Waals surface area contributed by atoms with Crippen molar-refractivity contribution in [3.8, 4) is 11.5 Å². The zero-order valence-corrected chi connectivity index (χ0v) is 10.5. The average Bonchev–Trinajstić information content (AvgIpc) is 2.95. The summed E-state index contributed by atoms with van der Waals surface area (Å²) in [7, 11) is 1.88. The second-order valence-corrected chi connectivity index (χ2v) is 4.47. The number of fused-ring (bicyclic) bond motifs is 1. The molecule has 2 heterocycles. The van der Waals surface area contributed by atoms with Gasteiger partial charge < -0.3 is 14.2 Å². The molecular weight excluding hydrogens is 244 g/mol. The summed E-state index contributed by atoms with van der Waals surface area (Å²) in [5.74, 6) is -0.760. The number of carboxylic acid groups (broad SMARTS) is 1. The summed E-state index contributed by atoms with van der Waals surface area (Å²) in [6, 6.07) is 7.91. The highest BCUT2D eigenvalue weighted by Gasteiger charge is 2.20. The highest BCUT2D eigenvalue weighted by molar-refractivity contribution is 5.96. The van der Waals surface area contributed by atoms with Gasteiger partial charge >= 0.3 is 5.97 Å². The van der Waals surface area contributed by atoms with Crippen molar-refractivity contribution < 1.29 is 14.4 Å². The lowest BCUT2D eigenvalue weighted by Crippen LogP contribution is -1.98. The molecule has 0 saturated carbocycles. The van der Waals surface area contributed by atoms with Crippen LogP contribution in [-0.2, 0) is 7.05 Å². The first kappa shape index (κ1) is 11.5. The molecule has 5 heteroatoms. The lowest BCUT2D eigenvalue weighted by molar-refractivity contribution is 0.0697. The topological polar surface area (TPSA) is 68.3 Å². The van der Waals surface area contributed by atoms with Crippen LogP contribution in [0.3, 0.4) is 0 Å². The number of aryl methyl sites for hydroxylation is 2. The molecule has 0 amide bonds. The maximum Gasteiger partial charge on any atom is 0.341 e. The Balaban J connectivity index is 2.32. The fourth-order valence-corrected chi connectivity index (χ4v) is 2.30. The Morgan fingerprint density at radius 1 is 1.42 bits per heavy atom. The van der Waals surface area contributed by atoms with Crippen LogP contribution in [-0.4, -0.2) is 20.8 Å². The zero-order chi connectivity index (χ0) is 13.6. The number of hydrogen-bond acceptors (Lipinski definition) is 3. The van der Waals surface area contributed by atoms with E-state index in [9.17, 15) is 4.79 Å². The highest BCUT2D eigenvalue weighted by Crippen LogP contribution is 2.30. The molecule has 5 nitrogen and oxygen atoms in total. The lowest BCUT2D eigenvalue weighted by Gasteiger charge is -2.01. The second kappa shape index (κ2) is 3.98. The molecule has 96 valence electrons. The molecule has 1 aromatic carbocycles. The summed E-state index contributed by atoms with van der Waals surface area (Å²) in [6.07, 6.45) is 1.22. The molecule has 0 fully saturated rings. The number of aromatic carboxylic acids is 1. The quantitative estimate of drug-likeness (QED) is 0.765. The molecule has 0 aliphatic rings. The minimum atomic E-state index is -1.04. The van der Waals surface area contributed by atoms with E-state index in [4.69, 9.17) is 9.63 Å². The molecule has 0 aliphatic carbocycles. The third kappa shape index (κ3) is 1.62. The van der Waals surface area contributed by atoms with Crippen LogP contribution in [0.25, 0.3) is 22.4 Å². The van der Waals surface area contributed by atoms with Gasteiger partial charge in [-0.05, 0) is 24.6 Å². The molecule has 3 rings (SSSR count). The molecule has 3 aromatic rings. The van der Waals surface area contributed by atoms with Gasteiger partial charge in [0.1, 0.15) is 5.56 Å².